The second-order valence-corrected chi connectivity index (χ2v) is 7.52. The van der Waals surface area contributed by atoms with Crippen molar-refractivity contribution in [3.8, 4) is 0 Å². The van der Waals surface area contributed by atoms with Gasteiger partial charge in [0.25, 0.3) is 0 Å². The van der Waals surface area contributed by atoms with Crippen LogP contribution in [-0.4, -0.2) is 36.9 Å². The van der Waals surface area contributed by atoms with Crippen molar-refractivity contribution >= 4 is 34.6 Å². The zero-order valence-corrected chi connectivity index (χ0v) is 15.2. The van der Waals surface area contributed by atoms with Crippen LogP contribution >= 0.6 is 11.3 Å². The van der Waals surface area contributed by atoms with Gasteiger partial charge in [0.05, 0.1) is 25.8 Å². The Morgan fingerprint density at radius 2 is 2.00 bits per heavy atom. The second-order valence-electron chi connectivity index (χ2n) is 6.44. The van der Waals surface area contributed by atoms with E-state index in [4.69, 9.17) is 9.72 Å². The van der Waals surface area contributed by atoms with Crippen molar-refractivity contribution < 1.29 is 23.9 Å². The lowest BCUT2D eigenvalue weighted by Gasteiger charge is -2.19. The molecule has 6 nitrogen and oxygen atoms in total. The maximum absolute atomic E-state index is 12.2. The molecule has 2 aliphatic carbocycles. The summed E-state index contributed by atoms with van der Waals surface area (Å²) in [4.78, 5) is 41.0. The molecule has 134 valence electrons. The van der Waals surface area contributed by atoms with Crippen LogP contribution in [0.2, 0.25) is 0 Å². The third kappa shape index (κ3) is 3.81. The molecule has 0 radical (unpaired) electrons. The Labute approximate surface area is 150 Å². The summed E-state index contributed by atoms with van der Waals surface area (Å²) >= 11 is 1.60. The number of fused-ring (bicyclic) bond motifs is 1. The van der Waals surface area contributed by atoms with E-state index in [-0.39, 0.29) is 30.0 Å². The average Bonchev–Trinajstić information content (AvgIpc) is 3.26. The predicted molar refractivity (Wildman–Crippen MR) is 92.0 cm³/mol. The highest BCUT2D eigenvalue weighted by Gasteiger charge is 2.31. The Bertz CT molecular complexity index is 736. The third-order valence-corrected chi connectivity index (χ3v) is 6.06. The van der Waals surface area contributed by atoms with E-state index in [0.717, 1.165) is 34.0 Å². The predicted octanol–water partition coefficient (Wildman–Crippen LogP) is 2.35. The van der Waals surface area contributed by atoms with E-state index in [1.165, 1.54) is 14.2 Å². The minimum absolute atomic E-state index is 0.0571. The van der Waals surface area contributed by atoms with Crippen molar-refractivity contribution in [3.05, 3.63) is 21.7 Å². The van der Waals surface area contributed by atoms with Crippen LogP contribution in [0.1, 0.15) is 41.3 Å². The fraction of sp³-hybridized carbons (Fsp3) is 0.556. The van der Waals surface area contributed by atoms with Gasteiger partial charge in [-0.15, -0.1) is 11.3 Å². The van der Waals surface area contributed by atoms with Crippen LogP contribution in [0, 0.1) is 11.8 Å². The van der Waals surface area contributed by atoms with Gasteiger partial charge in [0.2, 0.25) is 0 Å². The smallest absolute Gasteiger partial charge is 0.313 e. The van der Waals surface area contributed by atoms with Crippen LogP contribution in [0.3, 0.4) is 0 Å². The number of methoxy groups -OCH3 is 2. The highest BCUT2D eigenvalue weighted by atomic mass is 32.1. The number of hydrogen-bond acceptors (Lipinski definition) is 7. The number of Topliss-reactive ketones (excluding diaryl/α,β-unsaturated/α-hetero) is 1. The van der Waals surface area contributed by atoms with Gasteiger partial charge in [-0.1, -0.05) is 6.08 Å². The first-order valence-corrected chi connectivity index (χ1v) is 9.18. The van der Waals surface area contributed by atoms with E-state index in [2.05, 4.69) is 10.8 Å². The number of esters is 2. The lowest BCUT2D eigenvalue weighted by molar-refractivity contribution is -0.145. The number of allylic oxidation sites excluding steroid dienone is 2. The van der Waals surface area contributed by atoms with Crippen molar-refractivity contribution in [2.45, 2.75) is 38.5 Å². The zero-order chi connectivity index (χ0) is 18.0. The molecule has 2 aliphatic rings. The average molecular weight is 363 g/mol. The zero-order valence-electron chi connectivity index (χ0n) is 14.4. The van der Waals surface area contributed by atoms with Crippen LogP contribution < -0.4 is 0 Å². The van der Waals surface area contributed by atoms with Crippen LogP contribution in [0.4, 0.5) is 0 Å². The van der Waals surface area contributed by atoms with Crippen LogP contribution in [0.5, 0.6) is 0 Å². The lowest BCUT2D eigenvalue weighted by atomic mass is 9.87. The fourth-order valence-corrected chi connectivity index (χ4v) is 4.62. The first kappa shape index (κ1) is 17.8. The molecule has 0 bridgehead atoms. The molecule has 0 saturated heterocycles. The highest BCUT2D eigenvalue weighted by Crippen LogP contribution is 2.38. The second kappa shape index (κ2) is 7.47. The van der Waals surface area contributed by atoms with Gasteiger partial charge in [-0.25, -0.2) is 4.98 Å². The standard InChI is InChI=1S/C18H21NO5S/c1-23-16(21)9-14(20)10-5-6-13-15(8-10)25-17(19-13)11-3-4-12(7-11)18(22)24-2/h3,10,12H,4-9H2,1-2H3/t10?,12-/m0/s1. The number of ether oxygens (including phenoxy) is 2. The molecule has 2 atom stereocenters. The summed E-state index contributed by atoms with van der Waals surface area (Å²) in [5, 5.41) is 0.942. The fourth-order valence-electron chi connectivity index (χ4n) is 3.38. The van der Waals surface area contributed by atoms with Crippen molar-refractivity contribution in [3.63, 3.8) is 0 Å². The van der Waals surface area contributed by atoms with E-state index >= 15 is 0 Å². The first-order valence-electron chi connectivity index (χ1n) is 8.37. The number of aromatic nitrogens is 1. The maximum atomic E-state index is 12.2. The van der Waals surface area contributed by atoms with Gasteiger partial charge in [0, 0.05) is 10.8 Å². The molecule has 0 fully saturated rings. The summed E-state index contributed by atoms with van der Waals surface area (Å²) < 4.78 is 9.39. The number of carbonyl (C=O) groups is 3. The van der Waals surface area contributed by atoms with Crippen LogP contribution in [0.25, 0.3) is 5.57 Å². The van der Waals surface area contributed by atoms with Crippen molar-refractivity contribution in [1.82, 2.24) is 4.98 Å². The van der Waals surface area contributed by atoms with E-state index in [9.17, 15) is 14.4 Å². The van der Waals surface area contributed by atoms with Crippen molar-refractivity contribution in [2.75, 3.05) is 14.2 Å². The summed E-state index contributed by atoms with van der Waals surface area (Å²) in [6, 6.07) is 0. The SMILES string of the molecule is COC(=O)CC(=O)C1CCc2nc(C3=CC[C@H](C(=O)OC)C3)sc2C1. The summed E-state index contributed by atoms with van der Waals surface area (Å²) in [5.74, 6) is -0.972. The summed E-state index contributed by atoms with van der Waals surface area (Å²) in [5.41, 5.74) is 2.14. The Balaban J connectivity index is 1.66. The molecule has 25 heavy (non-hydrogen) atoms. The van der Waals surface area contributed by atoms with Gasteiger partial charge in [-0.2, -0.15) is 0 Å². The number of nitrogens with zero attached hydrogens (tertiary/aromatic N) is 1. The monoisotopic (exact) mass is 363 g/mol. The number of aryl methyl sites for hydroxylation is 1. The van der Waals surface area contributed by atoms with Gasteiger partial charge in [-0.3, -0.25) is 14.4 Å². The molecule has 1 aromatic heterocycles. The van der Waals surface area contributed by atoms with Gasteiger partial charge >= 0.3 is 11.9 Å². The Hall–Kier alpha value is -2.02. The molecule has 1 heterocycles. The summed E-state index contributed by atoms with van der Waals surface area (Å²) in [6.07, 6.45) is 5.35. The molecule has 3 rings (SSSR count). The highest BCUT2D eigenvalue weighted by molar-refractivity contribution is 7.12. The van der Waals surface area contributed by atoms with Gasteiger partial charge in [0.15, 0.2) is 0 Å². The van der Waals surface area contributed by atoms with Crippen LogP contribution in [0.15, 0.2) is 6.08 Å². The van der Waals surface area contributed by atoms with E-state index in [1.54, 1.807) is 11.3 Å². The summed E-state index contributed by atoms with van der Waals surface area (Å²) in [7, 11) is 2.70. The minimum atomic E-state index is -0.481. The molecule has 0 saturated carbocycles. The minimum Gasteiger partial charge on any atom is -0.469 e. The van der Waals surface area contributed by atoms with Crippen molar-refractivity contribution in [1.29, 1.82) is 0 Å². The third-order valence-electron chi connectivity index (χ3n) is 4.87. The number of rotatable bonds is 5. The number of hydrogen-bond donors (Lipinski definition) is 0. The molecule has 0 aliphatic heterocycles. The molecular weight excluding hydrogens is 342 g/mol. The van der Waals surface area contributed by atoms with E-state index < -0.39 is 5.97 Å². The van der Waals surface area contributed by atoms with E-state index in [1.807, 2.05) is 0 Å². The molecule has 1 unspecified atom stereocenters. The number of carbonyl (C=O) groups excluding carboxylic acids is 3. The topological polar surface area (TPSA) is 82.6 Å². The molecule has 1 aromatic rings. The molecule has 0 spiro atoms. The maximum Gasteiger partial charge on any atom is 0.313 e. The quantitative estimate of drug-likeness (QED) is 0.590. The number of ketones is 1. The first-order chi connectivity index (χ1) is 12.0. The van der Waals surface area contributed by atoms with Crippen LogP contribution in [-0.2, 0) is 36.7 Å². The van der Waals surface area contributed by atoms with Gasteiger partial charge in [0.1, 0.15) is 17.2 Å². The normalized spacial score (nSPS) is 22.1. The molecule has 0 aromatic carbocycles. The number of thiazole rings is 1. The Morgan fingerprint density at radius 3 is 2.72 bits per heavy atom. The molecule has 0 N–H and O–H groups in total. The van der Waals surface area contributed by atoms with Gasteiger partial charge in [-0.05, 0) is 37.7 Å². The largest absolute Gasteiger partial charge is 0.469 e. The Kier molecular flexibility index (Phi) is 5.32. The summed E-state index contributed by atoms with van der Waals surface area (Å²) in [6.45, 7) is 0. The Morgan fingerprint density at radius 1 is 1.20 bits per heavy atom. The molecular formula is C18H21NO5S. The van der Waals surface area contributed by atoms with E-state index in [0.29, 0.717) is 19.3 Å². The molecule has 0 amide bonds. The van der Waals surface area contributed by atoms with Crippen molar-refractivity contribution in [2.24, 2.45) is 11.8 Å². The lowest BCUT2D eigenvalue weighted by Crippen LogP contribution is -2.24. The molecule has 7 heteroatoms. The van der Waals surface area contributed by atoms with Gasteiger partial charge < -0.3 is 9.47 Å².